The summed E-state index contributed by atoms with van der Waals surface area (Å²) in [4.78, 5) is 2.21. The van der Waals surface area contributed by atoms with E-state index in [0.717, 1.165) is 25.9 Å². The summed E-state index contributed by atoms with van der Waals surface area (Å²) in [6.07, 6.45) is 4.52. The van der Waals surface area contributed by atoms with Crippen molar-refractivity contribution in [2.45, 2.75) is 25.7 Å². The van der Waals surface area contributed by atoms with Crippen LogP contribution in [0.25, 0.3) is 0 Å². The van der Waals surface area contributed by atoms with Gasteiger partial charge in [0.2, 0.25) is 0 Å². The second-order valence-electron chi connectivity index (χ2n) is 3.69. The van der Waals surface area contributed by atoms with E-state index in [9.17, 15) is 0 Å². The third-order valence-corrected chi connectivity index (χ3v) is 1.97. The molecule has 0 aliphatic carbocycles. The first kappa shape index (κ1) is 12.9. The highest BCUT2D eigenvalue weighted by Gasteiger charge is 1.91. The molecule has 2 N–H and O–H groups in total. The van der Waals surface area contributed by atoms with Gasteiger partial charge in [0.05, 0.1) is 0 Å². The van der Waals surface area contributed by atoms with Gasteiger partial charge < -0.3 is 15.3 Å². The van der Waals surface area contributed by atoms with Crippen molar-refractivity contribution in [1.82, 2.24) is 10.2 Å². The predicted octanol–water partition coefficient (Wildman–Crippen LogP) is 0.690. The van der Waals surface area contributed by atoms with Gasteiger partial charge in [0.1, 0.15) is 0 Å². The van der Waals surface area contributed by atoms with Gasteiger partial charge in [0, 0.05) is 6.61 Å². The molecule has 13 heavy (non-hydrogen) atoms. The molecular weight excluding hydrogens is 164 g/mol. The molecule has 0 unspecified atom stereocenters. The molecule has 0 spiro atoms. The van der Waals surface area contributed by atoms with Crippen molar-refractivity contribution in [1.29, 1.82) is 0 Å². The Labute approximate surface area is 82.1 Å². The quantitative estimate of drug-likeness (QED) is 0.523. The molecule has 0 aliphatic rings. The second kappa shape index (κ2) is 9.96. The lowest BCUT2D eigenvalue weighted by Crippen LogP contribution is -2.19. The standard InChI is InChI=1S/C10H24N2O/c1-12(2)9-5-3-7-11-8-4-6-10-13/h11,13H,3-10H2,1-2H3. The molecule has 0 saturated heterocycles. The summed E-state index contributed by atoms with van der Waals surface area (Å²) in [6.45, 7) is 3.66. The molecule has 3 nitrogen and oxygen atoms in total. The summed E-state index contributed by atoms with van der Waals surface area (Å²) in [5.41, 5.74) is 0. The molecule has 3 heteroatoms. The van der Waals surface area contributed by atoms with E-state index in [1.807, 2.05) is 0 Å². The molecule has 0 rings (SSSR count). The highest BCUT2D eigenvalue weighted by molar-refractivity contribution is 4.50. The molecule has 0 radical (unpaired) electrons. The summed E-state index contributed by atoms with van der Waals surface area (Å²) in [5.74, 6) is 0. The zero-order chi connectivity index (χ0) is 9.94. The number of hydrogen-bond donors (Lipinski definition) is 2. The van der Waals surface area contributed by atoms with Crippen molar-refractivity contribution < 1.29 is 5.11 Å². The van der Waals surface area contributed by atoms with Crippen molar-refractivity contribution in [3.05, 3.63) is 0 Å². The van der Waals surface area contributed by atoms with E-state index in [1.54, 1.807) is 0 Å². The average molecular weight is 188 g/mol. The largest absolute Gasteiger partial charge is 0.396 e. The van der Waals surface area contributed by atoms with Crippen LogP contribution in [0.15, 0.2) is 0 Å². The maximum Gasteiger partial charge on any atom is 0.0431 e. The smallest absolute Gasteiger partial charge is 0.0431 e. The molecule has 0 aromatic carbocycles. The SMILES string of the molecule is CN(C)CCCCNCCCCO. The van der Waals surface area contributed by atoms with Crippen LogP contribution < -0.4 is 5.32 Å². The van der Waals surface area contributed by atoms with Crippen molar-refractivity contribution in [2.24, 2.45) is 0 Å². The Kier molecular flexibility index (Phi) is 9.87. The molecule has 0 heterocycles. The Bertz CT molecular complexity index is 96.9. The summed E-state index contributed by atoms with van der Waals surface area (Å²) in [5, 5.41) is 11.9. The normalized spacial score (nSPS) is 11.1. The van der Waals surface area contributed by atoms with Crippen LogP contribution in [0.4, 0.5) is 0 Å². The van der Waals surface area contributed by atoms with Gasteiger partial charge in [-0.2, -0.15) is 0 Å². The highest BCUT2D eigenvalue weighted by Crippen LogP contribution is 1.89. The molecule has 0 aliphatic heterocycles. The molecule has 0 fully saturated rings. The monoisotopic (exact) mass is 188 g/mol. The summed E-state index contributed by atoms with van der Waals surface area (Å²) >= 11 is 0. The number of nitrogens with one attached hydrogen (secondary N) is 1. The summed E-state index contributed by atoms with van der Waals surface area (Å²) in [6, 6.07) is 0. The number of hydrogen-bond acceptors (Lipinski definition) is 3. The van der Waals surface area contributed by atoms with Crippen LogP contribution in [-0.4, -0.2) is 50.3 Å². The number of nitrogens with zero attached hydrogens (tertiary/aromatic N) is 1. The predicted molar refractivity (Wildman–Crippen MR) is 57.0 cm³/mol. The summed E-state index contributed by atoms with van der Waals surface area (Å²) in [7, 11) is 4.21. The fourth-order valence-corrected chi connectivity index (χ4v) is 1.16. The van der Waals surface area contributed by atoms with Crippen LogP contribution in [0, 0.1) is 0 Å². The zero-order valence-corrected chi connectivity index (χ0v) is 9.05. The van der Waals surface area contributed by atoms with Gasteiger partial charge in [0.15, 0.2) is 0 Å². The van der Waals surface area contributed by atoms with Gasteiger partial charge in [-0.15, -0.1) is 0 Å². The van der Waals surface area contributed by atoms with E-state index < -0.39 is 0 Å². The minimum absolute atomic E-state index is 0.322. The number of unbranched alkanes of at least 4 members (excludes halogenated alkanes) is 2. The third-order valence-electron chi connectivity index (χ3n) is 1.97. The fourth-order valence-electron chi connectivity index (χ4n) is 1.16. The number of rotatable bonds is 9. The topological polar surface area (TPSA) is 35.5 Å². The van der Waals surface area contributed by atoms with Crippen LogP contribution in [0.5, 0.6) is 0 Å². The van der Waals surface area contributed by atoms with Crippen LogP contribution in [0.3, 0.4) is 0 Å². The van der Waals surface area contributed by atoms with Crippen LogP contribution in [0.2, 0.25) is 0 Å². The molecular formula is C10H24N2O. The molecule has 0 amide bonds. The number of aliphatic hydroxyl groups excluding tert-OH is 1. The first-order chi connectivity index (χ1) is 6.27. The van der Waals surface area contributed by atoms with Crippen LogP contribution in [-0.2, 0) is 0 Å². The van der Waals surface area contributed by atoms with Gasteiger partial charge in [-0.05, 0) is 59.4 Å². The van der Waals surface area contributed by atoms with Crippen LogP contribution >= 0.6 is 0 Å². The van der Waals surface area contributed by atoms with E-state index in [2.05, 4.69) is 24.3 Å². The molecule has 0 bridgehead atoms. The van der Waals surface area contributed by atoms with Gasteiger partial charge in [-0.25, -0.2) is 0 Å². The second-order valence-corrected chi connectivity index (χ2v) is 3.69. The Hall–Kier alpha value is -0.120. The fraction of sp³-hybridized carbons (Fsp3) is 1.00. The first-order valence-electron chi connectivity index (χ1n) is 5.23. The minimum atomic E-state index is 0.322. The Balaban J connectivity index is 2.84. The Morgan fingerprint density at radius 1 is 1.00 bits per heavy atom. The van der Waals surface area contributed by atoms with Crippen molar-refractivity contribution in [3.8, 4) is 0 Å². The number of aliphatic hydroxyl groups is 1. The third kappa shape index (κ3) is 11.9. The van der Waals surface area contributed by atoms with Gasteiger partial charge in [-0.1, -0.05) is 0 Å². The minimum Gasteiger partial charge on any atom is -0.396 e. The first-order valence-corrected chi connectivity index (χ1v) is 5.23. The zero-order valence-electron chi connectivity index (χ0n) is 9.05. The Morgan fingerprint density at radius 2 is 1.62 bits per heavy atom. The van der Waals surface area contributed by atoms with E-state index in [0.29, 0.717) is 6.61 Å². The van der Waals surface area contributed by atoms with E-state index in [1.165, 1.54) is 19.4 Å². The van der Waals surface area contributed by atoms with Gasteiger partial charge >= 0.3 is 0 Å². The molecule has 0 saturated carbocycles. The lowest BCUT2D eigenvalue weighted by atomic mass is 10.3. The van der Waals surface area contributed by atoms with Gasteiger partial charge in [-0.3, -0.25) is 0 Å². The molecule has 0 atom stereocenters. The van der Waals surface area contributed by atoms with Crippen molar-refractivity contribution >= 4 is 0 Å². The molecule has 0 aromatic heterocycles. The maximum absolute atomic E-state index is 8.53. The van der Waals surface area contributed by atoms with Gasteiger partial charge in [0.25, 0.3) is 0 Å². The van der Waals surface area contributed by atoms with Crippen LogP contribution in [0.1, 0.15) is 25.7 Å². The van der Waals surface area contributed by atoms with Crippen molar-refractivity contribution in [3.63, 3.8) is 0 Å². The lowest BCUT2D eigenvalue weighted by Gasteiger charge is -2.09. The van der Waals surface area contributed by atoms with E-state index in [-0.39, 0.29) is 0 Å². The lowest BCUT2D eigenvalue weighted by molar-refractivity contribution is 0.283. The maximum atomic E-state index is 8.53. The summed E-state index contributed by atoms with van der Waals surface area (Å²) < 4.78 is 0. The molecule has 0 aromatic rings. The van der Waals surface area contributed by atoms with E-state index in [4.69, 9.17) is 5.11 Å². The van der Waals surface area contributed by atoms with E-state index >= 15 is 0 Å². The van der Waals surface area contributed by atoms with Crippen molar-refractivity contribution in [2.75, 3.05) is 40.3 Å². The molecule has 80 valence electrons. The highest BCUT2D eigenvalue weighted by atomic mass is 16.2. The average Bonchev–Trinajstić information content (AvgIpc) is 2.09. The Morgan fingerprint density at radius 3 is 2.15 bits per heavy atom.